The molecule has 3 rings (SSSR count). The summed E-state index contributed by atoms with van der Waals surface area (Å²) in [7, 11) is 0. The van der Waals surface area contributed by atoms with Crippen LogP contribution in [0.3, 0.4) is 0 Å². The molecular formula is C21H18F2N2O3. The SMILES string of the molecule is O=C(CNc1ccccc1Oc1ccccc1)Nc1ccccc1OC(F)F. The Labute approximate surface area is 160 Å². The number of alkyl halides is 2. The molecule has 5 nitrogen and oxygen atoms in total. The van der Waals surface area contributed by atoms with E-state index in [-0.39, 0.29) is 18.0 Å². The third-order valence-corrected chi connectivity index (χ3v) is 3.67. The second kappa shape index (κ2) is 9.36. The van der Waals surface area contributed by atoms with E-state index in [0.29, 0.717) is 17.2 Å². The van der Waals surface area contributed by atoms with Crippen LogP contribution in [0, 0.1) is 0 Å². The summed E-state index contributed by atoms with van der Waals surface area (Å²) >= 11 is 0. The topological polar surface area (TPSA) is 59.6 Å². The molecule has 7 heteroatoms. The maximum absolute atomic E-state index is 12.5. The van der Waals surface area contributed by atoms with Crippen LogP contribution in [0.2, 0.25) is 0 Å². The number of hydrogen-bond acceptors (Lipinski definition) is 4. The standard InChI is InChI=1S/C21H18F2N2O3/c22-21(23)28-19-13-7-5-11-17(19)25-20(26)14-24-16-10-4-6-12-18(16)27-15-8-2-1-3-9-15/h1-13,21,24H,14H2,(H,25,26). The lowest BCUT2D eigenvalue weighted by Crippen LogP contribution is -2.22. The number of anilines is 2. The Kier molecular flexibility index (Phi) is 6.41. The summed E-state index contributed by atoms with van der Waals surface area (Å²) in [6.45, 7) is -3.06. The lowest BCUT2D eigenvalue weighted by molar-refractivity contribution is -0.114. The fourth-order valence-electron chi connectivity index (χ4n) is 2.46. The van der Waals surface area contributed by atoms with Crippen LogP contribution in [0.1, 0.15) is 0 Å². The molecule has 3 aromatic rings. The van der Waals surface area contributed by atoms with Crippen molar-refractivity contribution in [1.82, 2.24) is 0 Å². The lowest BCUT2D eigenvalue weighted by Gasteiger charge is -2.14. The number of hydrogen-bond donors (Lipinski definition) is 2. The van der Waals surface area contributed by atoms with Gasteiger partial charge in [0.05, 0.1) is 17.9 Å². The van der Waals surface area contributed by atoms with Crippen LogP contribution in [0.25, 0.3) is 0 Å². The predicted octanol–water partition coefficient (Wildman–Crippen LogP) is 5.13. The molecule has 0 saturated heterocycles. The molecule has 2 N–H and O–H groups in total. The summed E-state index contributed by atoms with van der Waals surface area (Å²) in [5.41, 5.74) is 0.794. The molecule has 0 aromatic heterocycles. The minimum absolute atomic E-state index is 0.0851. The van der Waals surface area contributed by atoms with Crippen molar-refractivity contribution in [2.45, 2.75) is 6.61 Å². The summed E-state index contributed by atoms with van der Waals surface area (Å²) in [5.74, 6) is 0.709. The number of rotatable bonds is 8. The highest BCUT2D eigenvalue weighted by Gasteiger charge is 2.12. The maximum atomic E-state index is 12.5. The quantitative estimate of drug-likeness (QED) is 0.565. The highest BCUT2D eigenvalue weighted by atomic mass is 19.3. The van der Waals surface area contributed by atoms with E-state index in [9.17, 15) is 13.6 Å². The molecule has 0 aliphatic rings. The van der Waals surface area contributed by atoms with Crippen LogP contribution in [0.15, 0.2) is 78.9 Å². The average Bonchev–Trinajstić information content (AvgIpc) is 2.69. The third-order valence-electron chi connectivity index (χ3n) is 3.67. The first-order valence-electron chi connectivity index (χ1n) is 8.51. The third kappa shape index (κ3) is 5.44. The van der Waals surface area contributed by atoms with E-state index >= 15 is 0 Å². The zero-order chi connectivity index (χ0) is 19.8. The molecule has 0 bridgehead atoms. The molecule has 144 valence electrons. The van der Waals surface area contributed by atoms with Crippen LogP contribution < -0.4 is 20.1 Å². The molecule has 0 aliphatic heterocycles. The second-order valence-electron chi connectivity index (χ2n) is 5.69. The van der Waals surface area contributed by atoms with Gasteiger partial charge < -0.3 is 20.1 Å². The number of ether oxygens (including phenoxy) is 2. The van der Waals surface area contributed by atoms with Gasteiger partial charge in [-0.3, -0.25) is 4.79 Å². The Balaban J connectivity index is 1.63. The predicted molar refractivity (Wildman–Crippen MR) is 103 cm³/mol. The van der Waals surface area contributed by atoms with Crippen LogP contribution in [-0.2, 0) is 4.79 Å². The van der Waals surface area contributed by atoms with E-state index in [1.54, 1.807) is 24.3 Å². The molecule has 0 saturated carbocycles. The van der Waals surface area contributed by atoms with Crippen LogP contribution in [0.5, 0.6) is 17.2 Å². The molecule has 0 radical (unpaired) electrons. The van der Waals surface area contributed by atoms with Crippen molar-refractivity contribution in [3.05, 3.63) is 78.9 Å². The number of benzene rings is 3. The van der Waals surface area contributed by atoms with Crippen LogP contribution >= 0.6 is 0 Å². The molecule has 0 unspecified atom stereocenters. The minimum atomic E-state index is -2.97. The molecule has 3 aromatic carbocycles. The fourth-order valence-corrected chi connectivity index (χ4v) is 2.46. The average molecular weight is 384 g/mol. The second-order valence-corrected chi connectivity index (χ2v) is 5.69. The van der Waals surface area contributed by atoms with Crippen molar-refractivity contribution < 1.29 is 23.0 Å². The van der Waals surface area contributed by atoms with Gasteiger partial charge in [-0.15, -0.1) is 0 Å². The number of para-hydroxylation sites is 5. The van der Waals surface area contributed by atoms with Crippen LogP contribution in [-0.4, -0.2) is 19.1 Å². The van der Waals surface area contributed by atoms with E-state index in [0.717, 1.165) is 0 Å². The summed E-state index contributed by atoms with van der Waals surface area (Å²) in [6.07, 6.45) is 0. The largest absolute Gasteiger partial charge is 0.455 e. The van der Waals surface area contributed by atoms with Crippen molar-refractivity contribution >= 4 is 17.3 Å². The van der Waals surface area contributed by atoms with Gasteiger partial charge in [0.15, 0.2) is 5.75 Å². The van der Waals surface area contributed by atoms with Crippen molar-refractivity contribution in [3.63, 3.8) is 0 Å². The van der Waals surface area contributed by atoms with Gasteiger partial charge in [0.2, 0.25) is 5.91 Å². The highest BCUT2D eigenvalue weighted by Crippen LogP contribution is 2.29. The van der Waals surface area contributed by atoms with Crippen LogP contribution in [0.4, 0.5) is 20.2 Å². The molecule has 0 atom stereocenters. The van der Waals surface area contributed by atoms with E-state index in [1.807, 2.05) is 42.5 Å². The van der Waals surface area contributed by atoms with Gasteiger partial charge in [-0.25, -0.2) is 0 Å². The Morgan fingerprint density at radius 1 is 0.821 bits per heavy atom. The number of carbonyl (C=O) groups is 1. The molecule has 1 amide bonds. The number of nitrogens with one attached hydrogen (secondary N) is 2. The van der Waals surface area contributed by atoms with E-state index in [2.05, 4.69) is 15.4 Å². The van der Waals surface area contributed by atoms with Gasteiger partial charge in [0.25, 0.3) is 0 Å². The van der Waals surface area contributed by atoms with E-state index in [4.69, 9.17) is 4.74 Å². The van der Waals surface area contributed by atoms with Gasteiger partial charge in [0.1, 0.15) is 11.5 Å². The summed E-state index contributed by atoms with van der Waals surface area (Å²) < 4.78 is 35.2. The normalized spacial score (nSPS) is 10.4. The van der Waals surface area contributed by atoms with Gasteiger partial charge in [-0.2, -0.15) is 8.78 Å². The van der Waals surface area contributed by atoms with Crippen molar-refractivity contribution in [1.29, 1.82) is 0 Å². The Hall–Kier alpha value is -3.61. The molecule has 0 fully saturated rings. The Bertz CT molecular complexity index is 920. The van der Waals surface area contributed by atoms with Gasteiger partial charge in [-0.1, -0.05) is 42.5 Å². The van der Waals surface area contributed by atoms with E-state index in [1.165, 1.54) is 12.1 Å². The van der Waals surface area contributed by atoms with E-state index < -0.39 is 12.5 Å². The number of carbonyl (C=O) groups excluding carboxylic acids is 1. The summed E-state index contributed by atoms with van der Waals surface area (Å²) in [5, 5.41) is 5.54. The zero-order valence-electron chi connectivity index (χ0n) is 14.8. The number of amides is 1. The first-order valence-corrected chi connectivity index (χ1v) is 8.51. The Morgan fingerprint density at radius 3 is 2.14 bits per heavy atom. The van der Waals surface area contributed by atoms with Gasteiger partial charge in [-0.05, 0) is 36.4 Å². The van der Waals surface area contributed by atoms with Crippen molar-refractivity contribution in [3.8, 4) is 17.2 Å². The first kappa shape index (κ1) is 19.2. The Morgan fingerprint density at radius 2 is 1.43 bits per heavy atom. The molecule has 0 spiro atoms. The zero-order valence-corrected chi connectivity index (χ0v) is 14.8. The van der Waals surface area contributed by atoms with Gasteiger partial charge in [0, 0.05) is 0 Å². The minimum Gasteiger partial charge on any atom is -0.455 e. The summed E-state index contributed by atoms with van der Waals surface area (Å²) in [4.78, 5) is 12.2. The first-order chi connectivity index (χ1) is 13.6. The summed E-state index contributed by atoms with van der Waals surface area (Å²) in [6, 6.07) is 22.4. The van der Waals surface area contributed by atoms with Crippen molar-refractivity contribution in [2.24, 2.45) is 0 Å². The molecule has 0 aliphatic carbocycles. The monoisotopic (exact) mass is 384 g/mol. The highest BCUT2D eigenvalue weighted by molar-refractivity contribution is 5.95. The maximum Gasteiger partial charge on any atom is 0.387 e. The smallest absolute Gasteiger partial charge is 0.387 e. The molecule has 0 heterocycles. The van der Waals surface area contributed by atoms with Gasteiger partial charge >= 0.3 is 6.61 Å². The fraction of sp³-hybridized carbons (Fsp3) is 0.0952. The molecular weight excluding hydrogens is 366 g/mol. The number of halogens is 2. The van der Waals surface area contributed by atoms with Crippen molar-refractivity contribution in [2.75, 3.05) is 17.2 Å². The molecule has 28 heavy (non-hydrogen) atoms. The lowest BCUT2D eigenvalue weighted by atomic mass is 10.2.